The molecule has 0 bridgehead atoms. The van der Waals surface area contributed by atoms with Crippen molar-refractivity contribution < 1.29 is 9.66 Å². The van der Waals surface area contributed by atoms with E-state index in [2.05, 4.69) is 9.97 Å². The number of aryl methyl sites for hydroxylation is 1. The van der Waals surface area contributed by atoms with Crippen molar-refractivity contribution in [2.75, 3.05) is 5.73 Å². The van der Waals surface area contributed by atoms with Crippen LogP contribution in [-0.2, 0) is 0 Å². The lowest BCUT2D eigenvalue weighted by Crippen LogP contribution is -1.98. The second-order valence-corrected chi connectivity index (χ2v) is 3.56. The van der Waals surface area contributed by atoms with E-state index in [1.165, 1.54) is 18.2 Å². The fourth-order valence-corrected chi connectivity index (χ4v) is 1.40. The predicted molar refractivity (Wildman–Crippen MR) is 64.4 cm³/mol. The fourth-order valence-electron chi connectivity index (χ4n) is 1.40. The van der Waals surface area contributed by atoms with Gasteiger partial charge in [-0.1, -0.05) is 6.07 Å². The van der Waals surface area contributed by atoms with Gasteiger partial charge in [0.1, 0.15) is 5.75 Å². The van der Waals surface area contributed by atoms with Gasteiger partial charge in [-0.25, -0.2) is 4.98 Å². The van der Waals surface area contributed by atoms with Crippen LogP contribution in [-0.4, -0.2) is 14.9 Å². The maximum atomic E-state index is 10.6. The maximum absolute atomic E-state index is 10.6. The number of nitro benzene ring substituents is 1. The zero-order valence-corrected chi connectivity index (χ0v) is 9.53. The molecule has 0 aliphatic rings. The number of non-ortho nitro benzene ring substituents is 1. The Morgan fingerprint density at radius 2 is 2.11 bits per heavy atom. The lowest BCUT2D eigenvalue weighted by Gasteiger charge is -2.05. The summed E-state index contributed by atoms with van der Waals surface area (Å²) in [6.45, 7) is 1.75. The highest BCUT2D eigenvalue weighted by molar-refractivity contribution is 5.40. The number of nitro groups is 1. The highest BCUT2D eigenvalue weighted by Crippen LogP contribution is 2.24. The quantitative estimate of drug-likeness (QED) is 0.656. The van der Waals surface area contributed by atoms with Crippen molar-refractivity contribution in [3.8, 4) is 11.6 Å². The van der Waals surface area contributed by atoms with Crippen LogP contribution in [0.1, 0.15) is 5.69 Å². The molecule has 0 fully saturated rings. The Morgan fingerprint density at radius 3 is 2.78 bits per heavy atom. The van der Waals surface area contributed by atoms with Crippen molar-refractivity contribution in [1.29, 1.82) is 0 Å². The van der Waals surface area contributed by atoms with Gasteiger partial charge >= 0.3 is 0 Å². The summed E-state index contributed by atoms with van der Waals surface area (Å²) in [5.74, 6) is 0.664. The summed E-state index contributed by atoms with van der Waals surface area (Å²) in [4.78, 5) is 17.9. The molecule has 0 aliphatic carbocycles. The zero-order valence-electron chi connectivity index (χ0n) is 9.53. The van der Waals surface area contributed by atoms with Crippen LogP contribution in [0.25, 0.3) is 0 Å². The van der Waals surface area contributed by atoms with Gasteiger partial charge < -0.3 is 10.5 Å². The topological polar surface area (TPSA) is 104 Å². The molecule has 7 nitrogen and oxygen atoms in total. The third-order valence-electron chi connectivity index (χ3n) is 2.10. The van der Waals surface area contributed by atoms with Crippen LogP contribution >= 0.6 is 0 Å². The number of ether oxygens (including phenoxy) is 1. The molecule has 1 aromatic heterocycles. The summed E-state index contributed by atoms with van der Waals surface area (Å²) in [6.07, 6.45) is 0. The van der Waals surface area contributed by atoms with Crippen molar-refractivity contribution in [2.24, 2.45) is 0 Å². The minimum absolute atomic E-state index is 0.0498. The Labute approximate surface area is 102 Å². The molecule has 0 atom stereocenters. The molecule has 92 valence electrons. The second-order valence-electron chi connectivity index (χ2n) is 3.56. The number of hydrogen-bond acceptors (Lipinski definition) is 6. The number of hydrogen-bond donors (Lipinski definition) is 1. The molecule has 0 saturated carbocycles. The van der Waals surface area contributed by atoms with Crippen molar-refractivity contribution >= 4 is 11.6 Å². The summed E-state index contributed by atoms with van der Waals surface area (Å²) < 4.78 is 5.40. The molecular weight excluding hydrogens is 236 g/mol. The van der Waals surface area contributed by atoms with E-state index in [1.54, 1.807) is 19.1 Å². The first kappa shape index (κ1) is 11.8. The van der Waals surface area contributed by atoms with E-state index in [0.29, 0.717) is 11.4 Å². The number of anilines is 1. The lowest BCUT2D eigenvalue weighted by atomic mass is 10.3. The maximum Gasteiger partial charge on any atom is 0.273 e. The highest BCUT2D eigenvalue weighted by Gasteiger charge is 2.08. The summed E-state index contributed by atoms with van der Waals surface area (Å²) in [6, 6.07) is 7.42. The SMILES string of the molecule is Cc1cc(Oc2cccc([N+](=O)[O-])c2)nc(N)n1. The van der Waals surface area contributed by atoms with Gasteiger partial charge in [-0.3, -0.25) is 10.1 Å². The second kappa shape index (κ2) is 4.66. The van der Waals surface area contributed by atoms with Crippen LogP contribution in [0, 0.1) is 17.0 Å². The lowest BCUT2D eigenvalue weighted by molar-refractivity contribution is -0.384. The van der Waals surface area contributed by atoms with Gasteiger partial charge in [0.15, 0.2) is 0 Å². The van der Waals surface area contributed by atoms with E-state index < -0.39 is 4.92 Å². The number of aromatic nitrogens is 2. The Morgan fingerprint density at radius 1 is 1.33 bits per heavy atom. The molecule has 0 radical (unpaired) electrons. The first-order valence-electron chi connectivity index (χ1n) is 5.08. The van der Waals surface area contributed by atoms with Gasteiger partial charge in [-0.15, -0.1) is 0 Å². The summed E-state index contributed by atoms with van der Waals surface area (Å²) >= 11 is 0. The zero-order chi connectivity index (χ0) is 13.1. The average molecular weight is 246 g/mol. The minimum atomic E-state index is -0.494. The van der Waals surface area contributed by atoms with Crippen molar-refractivity contribution in [3.05, 3.63) is 46.1 Å². The third-order valence-corrected chi connectivity index (χ3v) is 2.10. The van der Waals surface area contributed by atoms with Crippen molar-refractivity contribution in [3.63, 3.8) is 0 Å². The normalized spacial score (nSPS) is 10.1. The Hall–Kier alpha value is -2.70. The largest absolute Gasteiger partial charge is 0.439 e. The Kier molecular flexibility index (Phi) is 3.05. The number of nitrogen functional groups attached to an aromatic ring is 1. The molecule has 1 heterocycles. The van der Waals surface area contributed by atoms with Crippen LogP contribution in [0.3, 0.4) is 0 Å². The molecule has 2 N–H and O–H groups in total. The summed E-state index contributed by atoms with van der Waals surface area (Å²) in [7, 11) is 0. The molecule has 18 heavy (non-hydrogen) atoms. The number of nitrogens with zero attached hydrogens (tertiary/aromatic N) is 3. The first-order valence-corrected chi connectivity index (χ1v) is 5.08. The molecule has 0 unspecified atom stereocenters. The van der Waals surface area contributed by atoms with E-state index in [-0.39, 0.29) is 17.5 Å². The molecule has 0 aliphatic heterocycles. The highest BCUT2D eigenvalue weighted by atomic mass is 16.6. The van der Waals surface area contributed by atoms with Crippen LogP contribution < -0.4 is 10.5 Å². The molecule has 0 amide bonds. The van der Waals surface area contributed by atoms with Gasteiger partial charge in [0.25, 0.3) is 5.69 Å². The molecule has 0 spiro atoms. The van der Waals surface area contributed by atoms with Crippen LogP contribution in [0.4, 0.5) is 11.6 Å². The summed E-state index contributed by atoms with van der Waals surface area (Å²) in [5.41, 5.74) is 6.09. The molecule has 2 rings (SSSR count). The van der Waals surface area contributed by atoms with Gasteiger partial charge in [-0.05, 0) is 13.0 Å². The molecule has 1 aromatic carbocycles. The van der Waals surface area contributed by atoms with Gasteiger partial charge in [0.2, 0.25) is 11.8 Å². The smallest absolute Gasteiger partial charge is 0.273 e. The van der Waals surface area contributed by atoms with Crippen molar-refractivity contribution in [2.45, 2.75) is 6.92 Å². The molecule has 0 saturated heterocycles. The molecule has 7 heteroatoms. The molecular formula is C11H10N4O3. The number of nitrogens with two attached hydrogens (primary N) is 1. The Bertz CT molecular complexity index is 580. The van der Waals surface area contributed by atoms with Gasteiger partial charge in [0.05, 0.1) is 11.0 Å². The Balaban J connectivity index is 2.28. The number of rotatable bonds is 3. The number of benzene rings is 1. The third kappa shape index (κ3) is 2.70. The van der Waals surface area contributed by atoms with Crippen LogP contribution in [0.5, 0.6) is 11.6 Å². The predicted octanol–water partition coefficient (Wildman–Crippen LogP) is 2.07. The minimum Gasteiger partial charge on any atom is -0.439 e. The van der Waals surface area contributed by atoms with Crippen molar-refractivity contribution in [1.82, 2.24) is 9.97 Å². The summed E-state index contributed by atoms with van der Waals surface area (Å²) in [5, 5.41) is 10.6. The fraction of sp³-hybridized carbons (Fsp3) is 0.0909. The van der Waals surface area contributed by atoms with E-state index in [0.717, 1.165) is 0 Å². The van der Waals surface area contributed by atoms with E-state index in [4.69, 9.17) is 10.5 Å². The van der Waals surface area contributed by atoms with Gasteiger partial charge in [-0.2, -0.15) is 4.98 Å². The van der Waals surface area contributed by atoms with Crippen LogP contribution in [0.15, 0.2) is 30.3 Å². The van der Waals surface area contributed by atoms with Crippen LogP contribution in [0.2, 0.25) is 0 Å². The average Bonchev–Trinajstić information content (AvgIpc) is 2.27. The standard InChI is InChI=1S/C11H10N4O3/c1-7-5-10(14-11(12)13-7)18-9-4-2-3-8(6-9)15(16)17/h2-6H,1H3,(H2,12,13,14). The van der Waals surface area contributed by atoms with E-state index in [1.807, 2.05) is 0 Å². The van der Waals surface area contributed by atoms with Gasteiger partial charge in [0, 0.05) is 17.8 Å². The van der Waals surface area contributed by atoms with E-state index >= 15 is 0 Å². The monoisotopic (exact) mass is 246 g/mol. The molecule has 2 aromatic rings. The van der Waals surface area contributed by atoms with E-state index in [9.17, 15) is 10.1 Å². The first-order chi connectivity index (χ1) is 8.54.